The summed E-state index contributed by atoms with van der Waals surface area (Å²) in [5, 5.41) is 1.29. The van der Waals surface area contributed by atoms with Crippen LogP contribution in [0.15, 0.2) is 76.5 Å². The molecule has 0 unspecified atom stereocenters. The Bertz CT molecular complexity index is 1020. The van der Waals surface area contributed by atoms with Crippen molar-refractivity contribution in [2.75, 3.05) is 0 Å². The number of benzene rings is 3. The summed E-state index contributed by atoms with van der Waals surface area (Å²) in [4.78, 5) is 6.20. The summed E-state index contributed by atoms with van der Waals surface area (Å²) in [5.74, 6) is 0. The summed E-state index contributed by atoms with van der Waals surface area (Å²) in [6.07, 6.45) is 0. The number of hydrogen-bond acceptors (Lipinski definition) is 1. The first-order chi connectivity index (χ1) is 12.1. The van der Waals surface area contributed by atoms with Gasteiger partial charge in [-0.25, -0.2) is 0 Å². The Balaban J connectivity index is 1.89. The number of H-pyrrole nitrogens is 1. The zero-order chi connectivity index (χ0) is 17.4. The van der Waals surface area contributed by atoms with Crippen molar-refractivity contribution in [1.29, 1.82) is 0 Å². The number of hydrogen-bond donors (Lipinski definition) is 1. The van der Waals surface area contributed by atoms with E-state index in [9.17, 15) is 0 Å². The maximum absolute atomic E-state index is 3.64. The molecule has 0 fully saturated rings. The van der Waals surface area contributed by atoms with Crippen molar-refractivity contribution in [2.45, 2.75) is 30.6 Å². The predicted molar refractivity (Wildman–Crippen MR) is 109 cm³/mol. The number of aromatic nitrogens is 1. The van der Waals surface area contributed by atoms with Crippen LogP contribution in [0.4, 0.5) is 0 Å². The second kappa shape index (κ2) is 6.45. The second-order valence-electron chi connectivity index (χ2n) is 6.66. The molecule has 0 aliphatic rings. The molecule has 0 bridgehead atoms. The largest absolute Gasteiger partial charge is 0.354 e. The summed E-state index contributed by atoms with van der Waals surface area (Å²) in [6, 6.07) is 24.1. The molecule has 1 heterocycles. The molecule has 2 heteroatoms. The number of nitrogens with one attached hydrogen (secondary N) is 1. The van der Waals surface area contributed by atoms with Crippen LogP contribution in [0.25, 0.3) is 22.2 Å². The van der Waals surface area contributed by atoms with E-state index in [2.05, 4.69) is 92.5 Å². The lowest BCUT2D eigenvalue weighted by Crippen LogP contribution is -1.82. The first-order valence-corrected chi connectivity index (χ1v) is 9.36. The molecule has 3 aromatic carbocycles. The molecule has 0 spiro atoms. The maximum atomic E-state index is 3.64. The van der Waals surface area contributed by atoms with Gasteiger partial charge in [-0.15, -0.1) is 0 Å². The van der Waals surface area contributed by atoms with Crippen LogP contribution in [0, 0.1) is 20.8 Å². The Morgan fingerprint density at radius 2 is 1.28 bits per heavy atom. The molecule has 25 heavy (non-hydrogen) atoms. The average molecular weight is 343 g/mol. The first kappa shape index (κ1) is 16.0. The predicted octanol–water partition coefficient (Wildman–Crippen LogP) is 6.91. The van der Waals surface area contributed by atoms with Crippen LogP contribution < -0.4 is 0 Å². The highest BCUT2D eigenvalue weighted by Gasteiger charge is 2.14. The van der Waals surface area contributed by atoms with Gasteiger partial charge < -0.3 is 4.98 Å². The van der Waals surface area contributed by atoms with Gasteiger partial charge in [0.15, 0.2) is 0 Å². The van der Waals surface area contributed by atoms with E-state index in [1.165, 1.54) is 48.6 Å². The molecule has 1 aromatic heterocycles. The number of aryl methyl sites for hydroxylation is 3. The van der Waals surface area contributed by atoms with Gasteiger partial charge in [0.2, 0.25) is 0 Å². The lowest BCUT2D eigenvalue weighted by Gasteiger charge is -2.06. The van der Waals surface area contributed by atoms with Crippen LogP contribution in [-0.2, 0) is 0 Å². The van der Waals surface area contributed by atoms with Crippen LogP contribution in [0.3, 0.4) is 0 Å². The highest BCUT2D eigenvalue weighted by Crippen LogP contribution is 2.41. The fraction of sp³-hybridized carbons (Fsp3) is 0.130. The van der Waals surface area contributed by atoms with E-state index in [4.69, 9.17) is 0 Å². The third-order valence-electron chi connectivity index (χ3n) is 4.49. The number of rotatable bonds is 3. The Morgan fingerprint density at radius 1 is 0.680 bits per heavy atom. The highest BCUT2D eigenvalue weighted by molar-refractivity contribution is 7.99. The molecule has 0 saturated heterocycles. The third-order valence-corrected chi connectivity index (χ3v) is 5.62. The van der Waals surface area contributed by atoms with Crippen LogP contribution in [0.2, 0.25) is 0 Å². The molecular weight excluding hydrogens is 322 g/mol. The smallest absolute Gasteiger partial charge is 0.0606 e. The highest BCUT2D eigenvalue weighted by atomic mass is 32.2. The van der Waals surface area contributed by atoms with Gasteiger partial charge in [-0.3, -0.25) is 0 Å². The van der Waals surface area contributed by atoms with E-state index in [1.54, 1.807) is 0 Å². The molecule has 0 amide bonds. The van der Waals surface area contributed by atoms with Gasteiger partial charge in [-0.1, -0.05) is 70.9 Å². The van der Waals surface area contributed by atoms with E-state index in [0.717, 1.165) is 0 Å². The van der Waals surface area contributed by atoms with E-state index < -0.39 is 0 Å². The summed E-state index contributed by atoms with van der Waals surface area (Å²) in [5.41, 5.74) is 7.48. The molecule has 0 radical (unpaired) electrons. The summed E-state index contributed by atoms with van der Waals surface area (Å²) < 4.78 is 0. The monoisotopic (exact) mass is 343 g/mol. The summed E-state index contributed by atoms with van der Waals surface area (Å²) >= 11 is 1.84. The zero-order valence-electron chi connectivity index (χ0n) is 14.8. The number of aromatic amines is 1. The molecular formula is C23H21NS. The third kappa shape index (κ3) is 3.22. The van der Waals surface area contributed by atoms with E-state index in [1.807, 2.05) is 11.8 Å². The van der Waals surface area contributed by atoms with Crippen molar-refractivity contribution in [3.05, 3.63) is 83.4 Å². The van der Waals surface area contributed by atoms with Crippen molar-refractivity contribution in [3.63, 3.8) is 0 Å². The van der Waals surface area contributed by atoms with E-state index >= 15 is 0 Å². The maximum Gasteiger partial charge on any atom is 0.0606 e. The Hall–Kier alpha value is -2.45. The van der Waals surface area contributed by atoms with Gasteiger partial charge in [0.25, 0.3) is 0 Å². The van der Waals surface area contributed by atoms with Gasteiger partial charge in [-0.05, 0) is 50.6 Å². The van der Waals surface area contributed by atoms with Gasteiger partial charge >= 0.3 is 0 Å². The van der Waals surface area contributed by atoms with Gasteiger partial charge in [-0.2, -0.15) is 0 Å². The van der Waals surface area contributed by atoms with E-state index in [0.29, 0.717) is 0 Å². The van der Waals surface area contributed by atoms with Crippen LogP contribution in [0.5, 0.6) is 0 Å². The summed E-state index contributed by atoms with van der Waals surface area (Å²) in [7, 11) is 0. The van der Waals surface area contributed by atoms with Crippen molar-refractivity contribution in [3.8, 4) is 11.3 Å². The average Bonchev–Trinajstić information content (AvgIpc) is 2.95. The van der Waals surface area contributed by atoms with Crippen molar-refractivity contribution in [2.24, 2.45) is 0 Å². The van der Waals surface area contributed by atoms with Gasteiger partial charge in [0, 0.05) is 20.7 Å². The van der Waals surface area contributed by atoms with Crippen LogP contribution in [-0.4, -0.2) is 4.98 Å². The minimum atomic E-state index is 1.19. The Kier molecular flexibility index (Phi) is 4.14. The quantitative estimate of drug-likeness (QED) is 0.427. The molecule has 0 aliphatic heterocycles. The second-order valence-corrected chi connectivity index (χ2v) is 7.74. The van der Waals surface area contributed by atoms with Crippen molar-refractivity contribution < 1.29 is 0 Å². The van der Waals surface area contributed by atoms with Gasteiger partial charge in [0.05, 0.1) is 5.69 Å². The van der Waals surface area contributed by atoms with Crippen LogP contribution in [0.1, 0.15) is 16.7 Å². The minimum Gasteiger partial charge on any atom is -0.354 e. The fourth-order valence-electron chi connectivity index (χ4n) is 3.03. The minimum absolute atomic E-state index is 1.19. The van der Waals surface area contributed by atoms with Crippen LogP contribution >= 0.6 is 11.8 Å². The molecule has 4 aromatic rings. The topological polar surface area (TPSA) is 15.8 Å². The normalized spacial score (nSPS) is 11.2. The van der Waals surface area contributed by atoms with Crippen molar-refractivity contribution >= 4 is 22.7 Å². The number of fused-ring (bicyclic) bond motifs is 1. The molecule has 0 saturated carbocycles. The molecule has 0 aliphatic carbocycles. The molecule has 124 valence electrons. The Labute approximate surface area is 153 Å². The SMILES string of the molecule is Cc1ccc(Sc2c(-c3ccc(C)cc3)[nH]c3ccc(C)cc23)cc1. The molecule has 1 N–H and O–H groups in total. The van der Waals surface area contributed by atoms with E-state index in [-0.39, 0.29) is 0 Å². The molecule has 4 rings (SSSR count). The zero-order valence-corrected chi connectivity index (χ0v) is 15.6. The lowest BCUT2D eigenvalue weighted by atomic mass is 10.1. The van der Waals surface area contributed by atoms with Crippen molar-refractivity contribution in [1.82, 2.24) is 4.98 Å². The van der Waals surface area contributed by atoms with Gasteiger partial charge in [0.1, 0.15) is 0 Å². The lowest BCUT2D eigenvalue weighted by molar-refractivity contribution is 1.35. The fourth-order valence-corrected chi connectivity index (χ4v) is 4.09. The summed E-state index contributed by atoms with van der Waals surface area (Å²) in [6.45, 7) is 6.40. The molecule has 1 nitrogen and oxygen atoms in total. The molecule has 0 atom stereocenters. The Morgan fingerprint density at radius 3 is 1.96 bits per heavy atom. The standard InChI is InChI=1S/C23H21NS/c1-15-4-9-18(10-5-15)22-23(25-19-11-6-16(2)7-12-19)20-14-17(3)8-13-21(20)24-22/h4-14,24H,1-3H3. The first-order valence-electron chi connectivity index (χ1n) is 8.54.